The Morgan fingerprint density at radius 2 is 1.76 bits per heavy atom. The third-order valence-corrected chi connectivity index (χ3v) is 2.59. The number of hydrogen-bond donors (Lipinski definition) is 0. The van der Waals surface area contributed by atoms with Gasteiger partial charge in [0.1, 0.15) is 5.75 Å². The molecule has 3 nitrogen and oxygen atoms in total. The Labute approximate surface area is 103 Å². The summed E-state index contributed by atoms with van der Waals surface area (Å²) in [7, 11) is 0. The number of rotatable bonds is 3. The maximum Gasteiger partial charge on any atom is 0.513 e. The first-order chi connectivity index (χ1) is 7.91. The van der Waals surface area contributed by atoms with Crippen molar-refractivity contribution in [3.63, 3.8) is 0 Å². The van der Waals surface area contributed by atoms with Crippen molar-refractivity contribution in [2.45, 2.75) is 34.6 Å². The normalized spacial score (nSPS) is 10.5. The highest BCUT2D eigenvalue weighted by Crippen LogP contribution is 2.26. The van der Waals surface area contributed by atoms with E-state index in [1.807, 2.05) is 46.8 Å². The molecule has 1 aromatic carbocycles. The van der Waals surface area contributed by atoms with E-state index in [9.17, 15) is 4.79 Å². The Kier molecular flexibility index (Phi) is 4.55. The molecule has 0 N–H and O–H groups in total. The van der Waals surface area contributed by atoms with Crippen LogP contribution in [0.1, 0.15) is 30.5 Å². The molecule has 0 aromatic heterocycles. The van der Waals surface area contributed by atoms with Crippen LogP contribution in [0.5, 0.6) is 5.75 Å². The largest absolute Gasteiger partial charge is 0.513 e. The fourth-order valence-corrected chi connectivity index (χ4v) is 1.43. The molecule has 0 saturated heterocycles. The Balaban J connectivity index is 2.74. The van der Waals surface area contributed by atoms with Crippen molar-refractivity contribution in [1.82, 2.24) is 0 Å². The zero-order chi connectivity index (χ0) is 13.0. The molecule has 0 bridgehead atoms. The lowest BCUT2D eigenvalue weighted by atomic mass is 10.1. The van der Waals surface area contributed by atoms with Crippen molar-refractivity contribution >= 4 is 6.16 Å². The number of ether oxygens (including phenoxy) is 2. The van der Waals surface area contributed by atoms with E-state index in [2.05, 4.69) is 0 Å². The molecule has 17 heavy (non-hydrogen) atoms. The Hall–Kier alpha value is -1.51. The van der Waals surface area contributed by atoms with Gasteiger partial charge in [0.2, 0.25) is 0 Å². The molecule has 1 rings (SSSR count). The van der Waals surface area contributed by atoms with Crippen molar-refractivity contribution in [3.05, 3.63) is 28.8 Å². The van der Waals surface area contributed by atoms with Crippen LogP contribution in [-0.2, 0) is 4.74 Å². The third-order valence-electron chi connectivity index (χ3n) is 2.59. The molecule has 0 aliphatic heterocycles. The van der Waals surface area contributed by atoms with Gasteiger partial charge in [-0.25, -0.2) is 4.79 Å². The van der Waals surface area contributed by atoms with Gasteiger partial charge >= 0.3 is 6.16 Å². The second-order valence-corrected chi connectivity index (χ2v) is 4.71. The molecule has 0 spiro atoms. The second-order valence-electron chi connectivity index (χ2n) is 4.71. The molecule has 0 aliphatic rings. The van der Waals surface area contributed by atoms with E-state index in [0.29, 0.717) is 18.3 Å². The standard InChI is InChI=1S/C14H20O3/c1-9(2)8-16-14(15)17-13-11(4)7-6-10(3)12(13)5/h6-7,9H,8H2,1-5H3. The summed E-state index contributed by atoms with van der Waals surface area (Å²) < 4.78 is 10.2. The average molecular weight is 236 g/mol. The maximum atomic E-state index is 11.5. The quantitative estimate of drug-likeness (QED) is 0.591. The van der Waals surface area contributed by atoms with Crippen molar-refractivity contribution in [2.75, 3.05) is 6.61 Å². The molecular weight excluding hydrogens is 216 g/mol. The van der Waals surface area contributed by atoms with Crippen LogP contribution in [0.15, 0.2) is 12.1 Å². The summed E-state index contributed by atoms with van der Waals surface area (Å²) >= 11 is 0. The van der Waals surface area contributed by atoms with E-state index in [0.717, 1.165) is 16.7 Å². The molecule has 1 aromatic rings. The summed E-state index contributed by atoms with van der Waals surface area (Å²) in [5, 5.41) is 0. The van der Waals surface area contributed by atoms with Crippen LogP contribution in [0.2, 0.25) is 0 Å². The highest BCUT2D eigenvalue weighted by atomic mass is 16.7. The highest BCUT2D eigenvalue weighted by Gasteiger charge is 2.12. The lowest BCUT2D eigenvalue weighted by molar-refractivity contribution is 0.0881. The minimum absolute atomic E-state index is 0.308. The van der Waals surface area contributed by atoms with E-state index < -0.39 is 6.16 Å². The topological polar surface area (TPSA) is 35.5 Å². The monoisotopic (exact) mass is 236 g/mol. The molecule has 0 heterocycles. The molecular formula is C14H20O3. The predicted molar refractivity (Wildman–Crippen MR) is 67.5 cm³/mol. The second kappa shape index (κ2) is 5.71. The summed E-state index contributed by atoms with van der Waals surface area (Å²) in [5.74, 6) is 0.918. The molecule has 3 heteroatoms. The summed E-state index contributed by atoms with van der Waals surface area (Å²) in [6, 6.07) is 3.95. The van der Waals surface area contributed by atoms with E-state index in [4.69, 9.17) is 9.47 Å². The molecule has 94 valence electrons. The van der Waals surface area contributed by atoms with E-state index in [-0.39, 0.29) is 0 Å². The van der Waals surface area contributed by atoms with Gasteiger partial charge in [-0.1, -0.05) is 26.0 Å². The fourth-order valence-electron chi connectivity index (χ4n) is 1.43. The van der Waals surface area contributed by atoms with Gasteiger partial charge in [-0.05, 0) is 43.4 Å². The number of aryl methyl sites for hydroxylation is 2. The van der Waals surface area contributed by atoms with Crippen LogP contribution in [0.25, 0.3) is 0 Å². The van der Waals surface area contributed by atoms with Crippen molar-refractivity contribution in [1.29, 1.82) is 0 Å². The Morgan fingerprint density at radius 1 is 1.18 bits per heavy atom. The van der Waals surface area contributed by atoms with Crippen LogP contribution in [0.4, 0.5) is 4.79 Å². The van der Waals surface area contributed by atoms with Gasteiger partial charge < -0.3 is 9.47 Å². The zero-order valence-electron chi connectivity index (χ0n) is 11.2. The number of carbonyl (C=O) groups is 1. The first kappa shape index (κ1) is 13.6. The third kappa shape index (κ3) is 3.77. The van der Waals surface area contributed by atoms with Crippen molar-refractivity contribution in [3.8, 4) is 5.75 Å². The van der Waals surface area contributed by atoms with Crippen LogP contribution >= 0.6 is 0 Å². The number of benzene rings is 1. The maximum absolute atomic E-state index is 11.5. The van der Waals surface area contributed by atoms with Gasteiger partial charge in [0.15, 0.2) is 0 Å². The van der Waals surface area contributed by atoms with E-state index in [1.165, 1.54) is 0 Å². The minimum atomic E-state index is -0.629. The van der Waals surface area contributed by atoms with Crippen molar-refractivity contribution < 1.29 is 14.3 Å². The molecule has 0 unspecified atom stereocenters. The van der Waals surface area contributed by atoms with Crippen LogP contribution in [-0.4, -0.2) is 12.8 Å². The smallest absolute Gasteiger partial charge is 0.434 e. The Bertz CT molecular complexity index is 408. The van der Waals surface area contributed by atoms with Gasteiger partial charge in [0, 0.05) is 0 Å². The van der Waals surface area contributed by atoms with Gasteiger partial charge in [-0.15, -0.1) is 0 Å². The first-order valence-electron chi connectivity index (χ1n) is 5.83. The SMILES string of the molecule is Cc1ccc(C)c(OC(=O)OCC(C)C)c1C. The van der Waals surface area contributed by atoms with Crippen LogP contribution in [0.3, 0.4) is 0 Å². The molecule has 0 amide bonds. The highest BCUT2D eigenvalue weighted by molar-refractivity contribution is 5.65. The lowest BCUT2D eigenvalue weighted by Gasteiger charge is -2.13. The minimum Gasteiger partial charge on any atom is -0.434 e. The Morgan fingerprint density at radius 3 is 2.35 bits per heavy atom. The fraction of sp³-hybridized carbons (Fsp3) is 0.500. The summed E-state index contributed by atoms with van der Waals surface area (Å²) in [6.07, 6.45) is -0.629. The molecule has 0 saturated carbocycles. The molecule has 0 fully saturated rings. The van der Waals surface area contributed by atoms with E-state index >= 15 is 0 Å². The first-order valence-corrected chi connectivity index (χ1v) is 5.83. The van der Waals surface area contributed by atoms with Gasteiger partial charge in [0.05, 0.1) is 6.61 Å². The van der Waals surface area contributed by atoms with Crippen LogP contribution < -0.4 is 4.74 Å². The molecule has 0 aliphatic carbocycles. The number of hydrogen-bond acceptors (Lipinski definition) is 3. The summed E-state index contributed by atoms with van der Waals surface area (Å²) in [4.78, 5) is 11.5. The van der Waals surface area contributed by atoms with Gasteiger partial charge in [0.25, 0.3) is 0 Å². The number of carbonyl (C=O) groups excluding carboxylic acids is 1. The predicted octanol–water partition coefficient (Wildman–Crippen LogP) is 3.78. The molecule has 0 atom stereocenters. The zero-order valence-corrected chi connectivity index (χ0v) is 11.2. The van der Waals surface area contributed by atoms with Crippen molar-refractivity contribution in [2.24, 2.45) is 5.92 Å². The lowest BCUT2D eigenvalue weighted by Crippen LogP contribution is -2.15. The van der Waals surface area contributed by atoms with E-state index in [1.54, 1.807) is 0 Å². The summed E-state index contributed by atoms with van der Waals surface area (Å²) in [5.41, 5.74) is 3.02. The summed E-state index contributed by atoms with van der Waals surface area (Å²) in [6.45, 7) is 10.2. The van der Waals surface area contributed by atoms with Crippen LogP contribution in [0, 0.1) is 26.7 Å². The molecule has 0 radical (unpaired) electrons. The van der Waals surface area contributed by atoms with Gasteiger partial charge in [-0.3, -0.25) is 0 Å². The van der Waals surface area contributed by atoms with Gasteiger partial charge in [-0.2, -0.15) is 0 Å². The average Bonchev–Trinajstić information content (AvgIpc) is 2.27.